The number of ether oxygens (including phenoxy) is 1. The minimum Gasteiger partial charge on any atom is -0.444 e. The fraction of sp³-hybridized carbons (Fsp3) is 0.524. The second-order valence-electron chi connectivity index (χ2n) is 9.58. The molecule has 1 fully saturated rings. The summed E-state index contributed by atoms with van der Waals surface area (Å²) in [5, 5.41) is 10.6. The molecule has 2 heterocycles. The second-order valence-corrected chi connectivity index (χ2v) is 9.58. The van der Waals surface area contributed by atoms with Crippen molar-refractivity contribution in [3.05, 3.63) is 29.2 Å². The molecule has 0 radical (unpaired) electrons. The van der Waals surface area contributed by atoms with Gasteiger partial charge in [0.1, 0.15) is 5.60 Å². The van der Waals surface area contributed by atoms with Gasteiger partial charge < -0.3 is 25.1 Å². The van der Waals surface area contributed by atoms with E-state index >= 15 is 0 Å². The van der Waals surface area contributed by atoms with Gasteiger partial charge in [0.15, 0.2) is 5.82 Å². The van der Waals surface area contributed by atoms with Crippen molar-refractivity contribution in [2.75, 3.05) is 12.3 Å². The van der Waals surface area contributed by atoms with Crippen molar-refractivity contribution >= 4 is 36.0 Å². The van der Waals surface area contributed by atoms with Gasteiger partial charge >= 0.3 is 13.2 Å². The quantitative estimate of drug-likeness (QED) is 0.658. The minimum absolute atomic E-state index is 0.217. The molecule has 1 amide bonds. The van der Waals surface area contributed by atoms with Gasteiger partial charge in [-0.1, -0.05) is 12.1 Å². The normalized spacial score (nSPS) is 18.6. The lowest BCUT2D eigenvalue weighted by atomic mass is 9.77. The van der Waals surface area contributed by atoms with Crippen LogP contribution in [0.15, 0.2) is 23.7 Å². The number of alkyl carbamates (subject to hydrolysis) is 1. The number of H-pyrrole nitrogens is 1. The van der Waals surface area contributed by atoms with E-state index in [2.05, 4.69) is 15.5 Å². The van der Waals surface area contributed by atoms with E-state index in [0.717, 1.165) is 21.9 Å². The van der Waals surface area contributed by atoms with Gasteiger partial charge in [0, 0.05) is 11.9 Å². The van der Waals surface area contributed by atoms with Crippen molar-refractivity contribution in [2.24, 2.45) is 0 Å². The van der Waals surface area contributed by atoms with Crippen LogP contribution in [0.3, 0.4) is 0 Å². The molecule has 3 rings (SSSR count). The van der Waals surface area contributed by atoms with Crippen molar-refractivity contribution in [3.8, 4) is 0 Å². The monoisotopic (exact) mass is 414 g/mol. The Kier molecular flexibility index (Phi) is 5.64. The summed E-state index contributed by atoms with van der Waals surface area (Å²) in [5.74, 6) is 0.457. The fourth-order valence-electron chi connectivity index (χ4n) is 3.05. The lowest BCUT2D eigenvalue weighted by Crippen LogP contribution is -2.41. The standard InChI is InChI=1S/C21H31BN4O4/c1-19(2,3)28-18(27)24-12-14(22-29-20(4,5)21(6,7)30-22)10-13-8-9-15-16(11-13)25-26-17(15)23/h8-11H,12H2,1-7H3,(H,24,27)(H3,23,25,26). The number of anilines is 1. The van der Waals surface area contributed by atoms with E-state index in [-0.39, 0.29) is 6.54 Å². The SMILES string of the molecule is CC(C)(C)OC(=O)NCC(=Cc1ccc2c(N)n[nH]c2c1)B1OC(C)(C)C(C)(C)O1. The van der Waals surface area contributed by atoms with Crippen molar-refractivity contribution in [1.82, 2.24) is 15.5 Å². The zero-order valence-corrected chi connectivity index (χ0v) is 18.8. The molecule has 0 aliphatic carbocycles. The molecule has 1 aliphatic heterocycles. The molecule has 4 N–H and O–H groups in total. The Hall–Kier alpha value is -2.52. The number of carbonyl (C=O) groups excluding carboxylic acids is 1. The summed E-state index contributed by atoms with van der Waals surface area (Å²) >= 11 is 0. The van der Waals surface area contributed by atoms with E-state index in [9.17, 15) is 4.79 Å². The van der Waals surface area contributed by atoms with Gasteiger partial charge in [-0.3, -0.25) is 5.10 Å². The van der Waals surface area contributed by atoms with Crippen LogP contribution in [0.4, 0.5) is 10.6 Å². The molecule has 30 heavy (non-hydrogen) atoms. The molecule has 1 aliphatic rings. The Morgan fingerprint density at radius 1 is 1.27 bits per heavy atom. The van der Waals surface area contributed by atoms with Crippen LogP contribution in [0.1, 0.15) is 54.0 Å². The zero-order valence-electron chi connectivity index (χ0n) is 18.8. The number of fused-ring (bicyclic) bond motifs is 1. The summed E-state index contributed by atoms with van der Waals surface area (Å²) in [6, 6.07) is 5.79. The number of benzene rings is 1. The molecule has 1 aromatic heterocycles. The summed E-state index contributed by atoms with van der Waals surface area (Å²) in [5.41, 5.74) is 6.79. The number of amides is 1. The predicted octanol–water partition coefficient (Wildman–Crippen LogP) is 3.68. The maximum atomic E-state index is 12.2. The van der Waals surface area contributed by atoms with Gasteiger partial charge in [-0.15, -0.1) is 0 Å². The largest absolute Gasteiger partial charge is 0.492 e. The Morgan fingerprint density at radius 2 is 1.90 bits per heavy atom. The van der Waals surface area contributed by atoms with E-state index in [1.807, 2.05) is 72.7 Å². The minimum atomic E-state index is -0.604. The topological polar surface area (TPSA) is 111 Å². The van der Waals surface area contributed by atoms with Gasteiger partial charge in [0.2, 0.25) is 0 Å². The molecule has 0 atom stereocenters. The molecule has 2 aromatic rings. The molecule has 8 nitrogen and oxygen atoms in total. The maximum absolute atomic E-state index is 12.2. The van der Waals surface area contributed by atoms with Crippen LogP contribution in [-0.2, 0) is 14.0 Å². The Balaban J connectivity index is 1.88. The van der Waals surface area contributed by atoms with Gasteiger partial charge in [0.05, 0.1) is 16.7 Å². The Morgan fingerprint density at radius 3 is 2.50 bits per heavy atom. The second kappa shape index (κ2) is 7.63. The first kappa shape index (κ1) is 22.2. The number of rotatable bonds is 4. The molecular formula is C21H31BN4O4. The average Bonchev–Trinajstić information content (AvgIpc) is 3.06. The summed E-state index contributed by atoms with van der Waals surface area (Å²) < 4.78 is 17.8. The number of nitrogens with one attached hydrogen (secondary N) is 2. The fourth-order valence-corrected chi connectivity index (χ4v) is 3.05. The van der Waals surface area contributed by atoms with Crippen LogP contribution in [0.25, 0.3) is 17.0 Å². The number of nitrogen functional groups attached to an aromatic ring is 1. The number of nitrogens with zero attached hydrogens (tertiary/aromatic N) is 1. The molecule has 0 saturated carbocycles. The highest BCUT2D eigenvalue weighted by atomic mass is 16.7. The number of hydrogen-bond acceptors (Lipinski definition) is 6. The summed E-state index contributed by atoms with van der Waals surface area (Å²) in [6.45, 7) is 13.6. The van der Waals surface area contributed by atoms with Crippen LogP contribution < -0.4 is 11.1 Å². The van der Waals surface area contributed by atoms with Gasteiger partial charge in [0.25, 0.3) is 0 Å². The molecule has 9 heteroatoms. The van der Waals surface area contributed by atoms with Crippen LogP contribution in [-0.4, -0.2) is 46.8 Å². The third kappa shape index (κ3) is 4.79. The van der Waals surface area contributed by atoms with Crippen LogP contribution >= 0.6 is 0 Å². The summed E-state index contributed by atoms with van der Waals surface area (Å²) in [7, 11) is -0.604. The van der Waals surface area contributed by atoms with Crippen LogP contribution in [0.5, 0.6) is 0 Å². The first-order valence-electron chi connectivity index (χ1n) is 10.0. The maximum Gasteiger partial charge on any atom is 0.492 e. The molecule has 162 valence electrons. The Labute approximate surface area is 177 Å². The third-order valence-corrected chi connectivity index (χ3v) is 5.36. The number of hydrogen-bond donors (Lipinski definition) is 3. The number of carbonyl (C=O) groups is 1. The van der Waals surface area contributed by atoms with Crippen molar-refractivity contribution in [2.45, 2.75) is 65.3 Å². The average molecular weight is 414 g/mol. The van der Waals surface area contributed by atoms with Gasteiger partial charge in [-0.2, -0.15) is 5.10 Å². The van der Waals surface area contributed by atoms with Gasteiger partial charge in [-0.05, 0) is 71.6 Å². The van der Waals surface area contributed by atoms with Crippen molar-refractivity contribution in [1.29, 1.82) is 0 Å². The highest BCUT2D eigenvalue weighted by Gasteiger charge is 2.52. The van der Waals surface area contributed by atoms with E-state index in [1.165, 1.54) is 0 Å². The van der Waals surface area contributed by atoms with Gasteiger partial charge in [-0.25, -0.2) is 4.79 Å². The smallest absolute Gasteiger partial charge is 0.444 e. The van der Waals surface area contributed by atoms with Crippen LogP contribution in [0.2, 0.25) is 0 Å². The first-order chi connectivity index (χ1) is 13.8. The van der Waals surface area contributed by atoms with E-state index in [4.69, 9.17) is 19.8 Å². The summed E-state index contributed by atoms with van der Waals surface area (Å²) in [4.78, 5) is 12.2. The third-order valence-electron chi connectivity index (χ3n) is 5.36. The van der Waals surface area contributed by atoms with Crippen LogP contribution in [0, 0.1) is 0 Å². The Bertz CT molecular complexity index is 959. The number of nitrogens with two attached hydrogens (primary N) is 1. The van der Waals surface area contributed by atoms with E-state index < -0.39 is 30.0 Å². The zero-order chi connectivity index (χ0) is 22.3. The first-order valence-corrected chi connectivity index (χ1v) is 10.0. The lowest BCUT2D eigenvalue weighted by molar-refractivity contribution is 0.00578. The highest BCUT2D eigenvalue weighted by Crippen LogP contribution is 2.38. The lowest BCUT2D eigenvalue weighted by Gasteiger charge is -2.32. The number of aromatic amines is 1. The summed E-state index contributed by atoms with van der Waals surface area (Å²) in [6.07, 6.45) is 1.44. The molecule has 0 unspecified atom stereocenters. The molecule has 1 aromatic carbocycles. The highest BCUT2D eigenvalue weighted by molar-refractivity contribution is 6.56. The molecule has 0 spiro atoms. The predicted molar refractivity (Wildman–Crippen MR) is 119 cm³/mol. The van der Waals surface area contributed by atoms with Crippen molar-refractivity contribution in [3.63, 3.8) is 0 Å². The van der Waals surface area contributed by atoms with Crippen molar-refractivity contribution < 1.29 is 18.8 Å². The van der Waals surface area contributed by atoms with E-state index in [1.54, 1.807) is 0 Å². The van der Waals surface area contributed by atoms with E-state index in [0.29, 0.717) is 5.82 Å². The number of aromatic nitrogens is 2. The molecule has 1 saturated heterocycles. The molecule has 0 bridgehead atoms. The molecular weight excluding hydrogens is 383 g/mol.